The van der Waals surface area contributed by atoms with Crippen molar-refractivity contribution in [2.75, 3.05) is 20.8 Å². The molecular weight excluding hydrogens is 563 g/mol. The second-order valence-corrected chi connectivity index (χ2v) is 11.3. The highest BCUT2D eigenvalue weighted by molar-refractivity contribution is 6.48. The molecule has 4 aromatic carbocycles. The first-order chi connectivity index (χ1) is 21.9. The molecule has 7 heteroatoms. The summed E-state index contributed by atoms with van der Waals surface area (Å²) in [5.41, 5.74) is 2.03. The van der Waals surface area contributed by atoms with Crippen molar-refractivity contribution < 1.29 is 28.3 Å². The zero-order valence-electron chi connectivity index (χ0n) is 26.4. The molecule has 0 unspecified atom stereocenters. The van der Waals surface area contributed by atoms with Gasteiger partial charge in [0.2, 0.25) is 0 Å². The molecule has 1 heterocycles. The van der Waals surface area contributed by atoms with Crippen LogP contribution in [0.4, 0.5) is 0 Å². The predicted molar refractivity (Wildman–Crippen MR) is 177 cm³/mol. The van der Waals surface area contributed by atoms with E-state index in [9.17, 15) is 4.79 Å². The Morgan fingerprint density at radius 2 is 1.04 bits per heavy atom. The van der Waals surface area contributed by atoms with E-state index in [1.54, 1.807) is 21.1 Å². The van der Waals surface area contributed by atoms with Gasteiger partial charge in [-0.15, -0.1) is 6.58 Å². The molecule has 0 saturated carbocycles. The van der Waals surface area contributed by atoms with Gasteiger partial charge in [0.1, 0.15) is 23.4 Å². The smallest absolute Gasteiger partial charge is 0.465 e. The van der Waals surface area contributed by atoms with Crippen LogP contribution in [0.3, 0.4) is 0 Å². The van der Waals surface area contributed by atoms with Crippen molar-refractivity contribution in [2.45, 2.75) is 49.5 Å². The average molecular weight is 605 g/mol. The van der Waals surface area contributed by atoms with E-state index in [0.717, 1.165) is 27.8 Å². The largest absolute Gasteiger partial charge is 0.466 e. The molecular formula is C38H41BO6. The Labute approximate surface area is 267 Å². The van der Waals surface area contributed by atoms with Crippen LogP contribution in [0.15, 0.2) is 133 Å². The van der Waals surface area contributed by atoms with Crippen molar-refractivity contribution in [2.24, 2.45) is 0 Å². The van der Waals surface area contributed by atoms with E-state index in [1.807, 2.05) is 128 Å². The zero-order chi connectivity index (χ0) is 31.9. The number of methoxy groups -OCH3 is 2. The van der Waals surface area contributed by atoms with Crippen LogP contribution in [-0.2, 0) is 39.5 Å². The van der Waals surface area contributed by atoms with Crippen LogP contribution in [0.2, 0.25) is 5.82 Å². The molecule has 0 amide bonds. The fraction of sp³-hybridized carbons (Fsp3) is 0.289. The molecule has 0 aromatic heterocycles. The van der Waals surface area contributed by atoms with Crippen molar-refractivity contribution in [3.05, 3.63) is 156 Å². The van der Waals surface area contributed by atoms with E-state index >= 15 is 0 Å². The normalized spacial score (nSPS) is 17.6. The van der Waals surface area contributed by atoms with E-state index in [0.29, 0.717) is 0 Å². The van der Waals surface area contributed by atoms with E-state index in [2.05, 4.69) is 6.58 Å². The van der Waals surface area contributed by atoms with Crippen molar-refractivity contribution in [1.82, 2.24) is 0 Å². The second-order valence-electron chi connectivity index (χ2n) is 11.3. The minimum absolute atomic E-state index is 0.0561. The molecule has 5 rings (SSSR count). The summed E-state index contributed by atoms with van der Waals surface area (Å²) in [5.74, 6) is -0.829. The van der Waals surface area contributed by atoms with Crippen LogP contribution >= 0.6 is 0 Å². The van der Waals surface area contributed by atoms with Gasteiger partial charge in [-0.3, -0.25) is 4.79 Å². The molecule has 45 heavy (non-hydrogen) atoms. The lowest BCUT2D eigenvalue weighted by atomic mass is 9.66. The Kier molecular flexibility index (Phi) is 10.4. The summed E-state index contributed by atoms with van der Waals surface area (Å²) in [6.07, 6.45) is -1.47. The number of esters is 1. The lowest BCUT2D eigenvalue weighted by molar-refractivity contribution is -0.143. The molecule has 3 atom stereocenters. The number of allylic oxidation sites excluding steroid dienone is 1. The van der Waals surface area contributed by atoms with E-state index in [1.165, 1.54) is 0 Å². The molecule has 0 aliphatic carbocycles. The van der Waals surface area contributed by atoms with Gasteiger partial charge in [-0.1, -0.05) is 127 Å². The SMILES string of the molecule is C=C(C)[C@@H](CC(=O)OCC)B1O[C@@H](C(OC)(c2ccccc2)c2ccccc2)[C@H](C(OC)(c2ccccc2)c2ccccc2)O1. The summed E-state index contributed by atoms with van der Waals surface area (Å²) < 4.78 is 32.9. The van der Waals surface area contributed by atoms with Crippen LogP contribution in [0.1, 0.15) is 42.5 Å². The molecule has 232 valence electrons. The third-order valence-corrected chi connectivity index (χ3v) is 8.75. The summed E-state index contributed by atoms with van der Waals surface area (Å²) in [4.78, 5) is 12.8. The fourth-order valence-corrected chi connectivity index (χ4v) is 6.61. The van der Waals surface area contributed by atoms with Crippen LogP contribution in [0.25, 0.3) is 0 Å². The number of carbonyl (C=O) groups is 1. The van der Waals surface area contributed by atoms with Gasteiger partial charge < -0.3 is 23.5 Å². The van der Waals surface area contributed by atoms with Gasteiger partial charge in [0, 0.05) is 20.0 Å². The van der Waals surface area contributed by atoms with Gasteiger partial charge >= 0.3 is 13.1 Å². The van der Waals surface area contributed by atoms with Crippen LogP contribution < -0.4 is 0 Å². The minimum atomic E-state index is -1.14. The van der Waals surface area contributed by atoms with Crippen LogP contribution in [0, 0.1) is 0 Å². The highest BCUT2D eigenvalue weighted by Gasteiger charge is 2.63. The molecule has 4 aromatic rings. The Balaban J connectivity index is 1.79. The first-order valence-corrected chi connectivity index (χ1v) is 15.4. The van der Waals surface area contributed by atoms with Gasteiger partial charge in [-0.25, -0.2) is 0 Å². The number of carbonyl (C=O) groups excluding carboxylic acids is 1. The average Bonchev–Trinajstić information content (AvgIpc) is 3.52. The first-order valence-electron chi connectivity index (χ1n) is 15.4. The zero-order valence-corrected chi connectivity index (χ0v) is 26.4. The topological polar surface area (TPSA) is 63.2 Å². The molecule has 0 N–H and O–H groups in total. The number of rotatable bonds is 13. The highest BCUT2D eigenvalue weighted by Crippen LogP contribution is 2.52. The Morgan fingerprint density at radius 1 is 0.711 bits per heavy atom. The molecule has 0 bridgehead atoms. The Morgan fingerprint density at radius 3 is 1.31 bits per heavy atom. The number of benzene rings is 4. The molecule has 0 radical (unpaired) electrons. The molecule has 6 nitrogen and oxygen atoms in total. The van der Waals surface area contributed by atoms with Crippen molar-refractivity contribution in [1.29, 1.82) is 0 Å². The van der Waals surface area contributed by atoms with Crippen LogP contribution in [0.5, 0.6) is 0 Å². The monoisotopic (exact) mass is 604 g/mol. The van der Waals surface area contributed by atoms with Gasteiger partial charge in [-0.2, -0.15) is 0 Å². The quantitative estimate of drug-likeness (QED) is 0.0905. The van der Waals surface area contributed by atoms with Gasteiger partial charge in [-0.05, 0) is 36.1 Å². The maximum Gasteiger partial charge on any atom is 0.465 e. The molecule has 1 aliphatic heterocycles. The highest BCUT2D eigenvalue weighted by atomic mass is 16.7. The van der Waals surface area contributed by atoms with Gasteiger partial charge in [0.05, 0.1) is 13.0 Å². The maximum absolute atomic E-state index is 12.8. The predicted octanol–water partition coefficient (Wildman–Crippen LogP) is 7.34. The van der Waals surface area contributed by atoms with Crippen molar-refractivity contribution >= 4 is 13.1 Å². The van der Waals surface area contributed by atoms with Crippen molar-refractivity contribution in [3.8, 4) is 0 Å². The molecule has 1 aliphatic rings. The molecule has 1 fully saturated rings. The Bertz CT molecular complexity index is 1350. The van der Waals surface area contributed by atoms with Gasteiger partial charge in [0.15, 0.2) is 0 Å². The summed E-state index contributed by atoms with van der Waals surface area (Å²) in [6, 6.07) is 40.1. The van der Waals surface area contributed by atoms with E-state index < -0.39 is 36.3 Å². The maximum atomic E-state index is 12.8. The summed E-state index contributed by atoms with van der Waals surface area (Å²) in [6.45, 7) is 8.19. The first kappa shape index (κ1) is 32.4. The third kappa shape index (κ3) is 6.14. The van der Waals surface area contributed by atoms with Crippen molar-refractivity contribution in [3.63, 3.8) is 0 Å². The van der Waals surface area contributed by atoms with E-state index in [4.69, 9.17) is 23.5 Å². The second kappa shape index (κ2) is 14.4. The number of hydrogen-bond acceptors (Lipinski definition) is 6. The molecule has 1 saturated heterocycles. The lowest BCUT2D eigenvalue weighted by Gasteiger charge is -2.47. The third-order valence-electron chi connectivity index (χ3n) is 8.75. The Hall–Kier alpha value is -4.01. The van der Waals surface area contributed by atoms with E-state index in [-0.39, 0.29) is 19.0 Å². The summed E-state index contributed by atoms with van der Waals surface area (Å²) in [7, 11) is 2.54. The summed E-state index contributed by atoms with van der Waals surface area (Å²) in [5, 5.41) is 0. The fourth-order valence-electron chi connectivity index (χ4n) is 6.61. The summed E-state index contributed by atoms with van der Waals surface area (Å²) >= 11 is 0. The number of hydrogen-bond donors (Lipinski definition) is 0. The number of ether oxygens (including phenoxy) is 3. The van der Waals surface area contributed by atoms with Crippen LogP contribution in [-0.4, -0.2) is 46.1 Å². The lowest BCUT2D eigenvalue weighted by Crippen LogP contribution is -2.56. The minimum Gasteiger partial charge on any atom is -0.466 e. The molecule has 0 spiro atoms. The standard InChI is InChI=1S/C38H41BO6/c1-6-43-34(40)27-33(28(2)3)39-44-35(37(41-4,29-19-11-7-12-20-29)30-21-13-8-14-22-30)36(45-39)38(42-5,31-23-15-9-16-24-31)32-25-17-10-18-26-32/h7-26,33,35-36H,2,6,27H2,1,3-5H3/t33-,35-,36-/m1/s1. The van der Waals surface area contributed by atoms with Gasteiger partial charge in [0.25, 0.3) is 0 Å².